The lowest BCUT2D eigenvalue weighted by Gasteiger charge is -2.03. The van der Waals surface area contributed by atoms with Crippen molar-refractivity contribution in [3.8, 4) is 0 Å². The molecule has 0 bridgehead atoms. The average molecular weight is 241 g/mol. The van der Waals surface area contributed by atoms with Crippen LogP contribution in [0.2, 0.25) is 5.02 Å². The molecule has 0 fully saturated rings. The van der Waals surface area contributed by atoms with E-state index in [1.807, 2.05) is 0 Å². The molecule has 0 aliphatic carbocycles. The van der Waals surface area contributed by atoms with Gasteiger partial charge in [0, 0.05) is 0 Å². The molecule has 5 nitrogen and oxygen atoms in total. The molecule has 82 valence electrons. The summed E-state index contributed by atoms with van der Waals surface area (Å²) in [6.07, 6.45) is 1.25. The Morgan fingerprint density at radius 1 is 1.50 bits per heavy atom. The maximum Gasteiger partial charge on any atom is 0.259 e. The van der Waals surface area contributed by atoms with Gasteiger partial charge in [0.15, 0.2) is 0 Å². The molecule has 0 unspecified atom stereocenters. The van der Waals surface area contributed by atoms with Crippen LogP contribution in [0, 0.1) is 5.82 Å². The van der Waals surface area contributed by atoms with Gasteiger partial charge in [-0.15, -0.1) is 0 Å². The fraction of sp³-hybridized carbons (Fsp3) is 0. The highest BCUT2D eigenvalue weighted by molar-refractivity contribution is 6.34. The maximum atomic E-state index is 12.7. The van der Waals surface area contributed by atoms with Gasteiger partial charge in [0.25, 0.3) is 5.91 Å². The number of hydrogen-bond donors (Lipinski definition) is 2. The number of benzene rings is 1. The minimum absolute atomic E-state index is 0.0389. The van der Waals surface area contributed by atoms with E-state index in [1.165, 1.54) is 12.4 Å². The molecular formula is C9H6ClFN4O. The van der Waals surface area contributed by atoms with Gasteiger partial charge in [-0.1, -0.05) is 11.6 Å². The number of nitrogens with one attached hydrogen (secondary N) is 2. The highest BCUT2D eigenvalue weighted by atomic mass is 35.5. The summed E-state index contributed by atoms with van der Waals surface area (Å²) >= 11 is 5.72. The highest BCUT2D eigenvalue weighted by Gasteiger charge is 2.12. The summed E-state index contributed by atoms with van der Waals surface area (Å²) in [4.78, 5) is 15.4. The van der Waals surface area contributed by atoms with Crippen LogP contribution in [0.1, 0.15) is 10.4 Å². The summed E-state index contributed by atoms with van der Waals surface area (Å²) in [6.45, 7) is 0. The Bertz CT molecular complexity index is 514. The van der Waals surface area contributed by atoms with Crippen LogP contribution >= 0.6 is 11.6 Å². The molecule has 0 spiro atoms. The van der Waals surface area contributed by atoms with Crippen molar-refractivity contribution in [3.05, 3.63) is 40.9 Å². The molecule has 0 aliphatic heterocycles. The maximum absolute atomic E-state index is 12.7. The first-order valence-electron chi connectivity index (χ1n) is 4.28. The molecular weight excluding hydrogens is 235 g/mol. The zero-order valence-corrected chi connectivity index (χ0v) is 8.62. The van der Waals surface area contributed by atoms with Crippen LogP contribution in [0.3, 0.4) is 0 Å². The van der Waals surface area contributed by atoms with E-state index in [9.17, 15) is 9.18 Å². The molecule has 7 heteroatoms. The van der Waals surface area contributed by atoms with Crippen molar-refractivity contribution >= 4 is 23.5 Å². The van der Waals surface area contributed by atoms with Crippen molar-refractivity contribution in [1.29, 1.82) is 0 Å². The second-order valence-electron chi connectivity index (χ2n) is 2.91. The van der Waals surface area contributed by atoms with Crippen LogP contribution in [0.5, 0.6) is 0 Å². The van der Waals surface area contributed by atoms with Gasteiger partial charge in [-0.3, -0.25) is 10.1 Å². The highest BCUT2D eigenvalue weighted by Crippen LogP contribution is 2.17. The van der Waals surface area contributed by atoms with E-state index in [1.54, 1.807) is 0 Å². The quantitative estimate of drug-likeness (QED) is 0.842. The summed E-state index contributed by atoms with van der Waals surface area (Å²) in [5.74, 6) is -0.784. The number of aromatic amines is 1. The number of halogens is 2. The van der Waals surface area contributed by atoms with Crippen molar-refractivity contribution in [2.75, 3.05) is 5.32 Å². The Hall–Kier alpha value is -1.95. The SMILES string of the molecule is O=C(Nc1ncn[nH]1)c1ccc(F)cc1Cl. The summed E-state index contributed by atoms with van der Waals surface area (Å²) in [5.41, 5.74) is 0.166. The minimum Gasteiger partial charge on any atom is -0.291 e. The summed E-state index contributed by atoms with van der Waals surface area (Å²) in [7, 11) is 0. The van der Waals surface area contributed by atoms with Gasteiger partial charge >= 0.3 is 0 Å². The van der Waals surface area contributed by atoms with E-state index in [0.717, 1.165) is 12.1 Å². The molecule has 0 saturated carbocycles. The number of carbonyl (C=O) groups excluding carboxylic acids is 1. The fourth-order valence-electron chi connectivity index (χ4n) is 1.11. The van der Waals surface area contributed by atoms with E-state index in [2.05, 4.69) is 20.5 Å². The molecule has 2 N–H and O–H groups in total. The second-order valence-corrected chi connectivity index (χ2v) is 3.32. The molecule has 0 aliphatic rings. The first-order chi connectivity index (χ1) is 7.66. The van der Waals surface area contributed by atoms with E-state index < -0.39 is 11.7 Å². The molecule has 0 atom stereocenters. The van der Waals surface area contributed by atoms with E-state index in [-0.39, 0.29) is 16.5 Å². The van der Waals surface area contributed by atoms with Crippen LogP contribution in [-0.2, 0) is 0 Å². The summed E-state index contributed by atoms with van der Waals surface area (Å²) in [5, 5.41) is 8.48. The molecule has 0 saturated heterocycles. The van der Waals surface area contributed by atoms with Crippen molar-refractivity contribution in [1.82, 2.24) is 15.2 Å². The predicted octanol–water partition coefficient (Wildman–Crippen LogP) is 1.85. The van der Waals surface area contributed by atoms with E-state index >= 15 is 0 Å². The van der Waals surface area contributed by atoms with Gasteiger partial charge in [-0.05, 0) is 18.2 Å². The first-order valence-corrected chi connectivity index (χ1v) is 4.66. The average Bonchev–Trinajstić information content (AvgIpc) is 2.70. The Morgan fingerprint density at radius 3 is 2.94 bits per heavy atom. The zero-order chi connectivity index (χ0) is 11.5. The van der Waals surface area contributed by atoms with Gasteiger partial charge in [-0.25, -0.2) is 9.49 Å². The third kappa shape index (κ3) is 2.17. The molecule has 0 radical (unpaired) electrons. The number of H-pyrrole nitrogens is 1. The Morgan fingerprint density at radius 2 is 2.31 bits per heavy atom. The van der Waals surface area contributed by atoms with Crippen LogP contribution in [0.15, 0.2) is 24.5 Å². The van der Waals surface area contributed by atoms with Gasteiger partial charge in [0.2, 0.25) is 5.95 Å². The van der Waals surface area contributed by atoms with E-state index in [4.69, 9.17) is 11.6 Å². The molecule has 2 aromatic rings. The number of aromatic nitrogens is 3. The van der Waals surface area contributed by atoms with Gasteiger partial charge in [0.05, 0.1) is 10.6 Å². The van der Waals surface area contributed by atoms with Crippen LogP contribution in [0.4, 0.5) is 10.3 Å². The van der Waals surface area contributed by atoms with Crippen molar-refractivity contribution in [2.45, 2.75) is 0 Å². The number of rotatable bonds is 2. The van der Waals surface area contributed by atoms with Crippen LogP contribution in [-0.4, -0.2) is 21.1 Å². The topological polar surface area (TPSA) is 70.7 Å². The molecule has 1 aromatic carbocycles. The monoisotopic (exact) mass is 240 g/mol. The van der Waals surface area contributed by atoms with Gasteiger partial charge < -0.3 is 0 Å². The van der Waals surface area contributed by atoms with Crippen molar-refractivity contribution in [3.63, 3.8) is 0 Å². The zero-order valence-electron chi connectivity index (χ0n) is 7.87. The number of hydrogen-bond acceptors (Lipinski definition) is 3. The second kappa shape index (κ2) is 4.28. The third-order valence-electron chi connectivity index (χ3n) is 1.82. The van der Waals surface area contributed by atoms with Crippen LogP contribution in [0.25, 0.3) is 0 Å². The van der Waals surface area contributed by atoms with Crippen LogP contribution < -0.4 is 5.32 Å². The molecule has 2 rings (SSSR count). The fourth-order valence-corrected chi connectivity index (χ4v) is 1.37. The standard InChI is InChI=1S/C9H6ClFN4O/c10-7-3-5(11)1-2-6(7)8(16)14-9-12-4-13-15-9/h1-4H,(H2,12,13,14,15,16). The lowest BCUT2D eigenvalue weighted by molar-refractivity contribution is 0.102. The molecule has 1 amide bonds. The molecule has 1 aromatic heterocycles. The Kier molecular flexibility index (Phi) is 2.82. The number of nitrogens with zero attached hydrogens (tertiary/aromatic N) is 2. The van der Waals surface area contributed by atoms with Crippen molar-refractivity contribution < 1.29 is 9.18 Å². The normalized spacial score (nSPS) is 10.1. The summed E-state index contributed by atoms with van der Waals surface area (Å²) in [6, 6.07) is 3.52. The molecule has 1 heterocycles. The van der Waals surface area contributed by atoms with Gasteiger partial charge in [0.1, 0.15) is 12.1 Å². The lowest BCUT2D eigenvalue weighted by atomic mass is 10.2. The first kappa shape index (κ1) is 10.6. The Balaban J connectivity index is 2.21. The summed E-state index contributed by atoms with van der Waals surface area (Å²) < 4.78 is 12.7. The smallest absolute Gasteiger partial charge is 0.259 e. The third-order valence-corrected chi connectivity index (χ3v) is 2.14. The molecule has 16 heavy (non-hydrogen) atoms. The lowest BCUT2D eigenvalue weighted by Crippen LogP contribution is -2.13. The predicted molar refractivity (Wildman–Crippen MR) is 55.7 cm³/mol. The number of carbonyl (C=O) groups is 1. The van der Waals surface area contributed by atoms with Gasteiger partial charge in [-0.2, -0.15) is 10.1 Å². The Labute approximate surface area is 94.7 Å². The van der Waals surface area contributed by atoms with E-state index in [0.29, 0.717) is 0 Å². The largest absolute Gasteiger partial charge is 0.291 e. The van der Waals surface area contributed by atoms with Crippen molar-refractivity contribution in [2.24, 2.45) is 0 Å². The number of amides is 1. The minimum atomic E-state index is -0.499. The number of anilines is 1.